The first kappa shape index (κ1) is 8.95. The Kier molecular flexibility index (Phi) is 2.61. The summed E-state index contributed by atoms with van der Waals surface area (Å²) in [6.45, 7) is 1.82. The number of aryl methyl sites for hydroxylation is 1. The van der Waals surface area contributed by atoms with Crippen LogP contribution in [0.4, 0.5) is 0 Å². The first-order valence-electron chi connectivity index (χ1n) is 3.46. The Labute approximate surface area is 75.8 Å². The molecule has 0 aliphatic rings. The largest absolute Gasteiger partial charge is 0.508 e. The molecule has 0 saturated heterocycles. The van der Waals surface area contributed by atoms with Crippen LogP contribution < -0.4 is 0 Å². The number of benzene rings is 1. The van der Waals surface area contributed by atoms with Crippen LogP contribution in [0.15, 0.2) is 17.0 Å². The van der Waals surface area contributed by atoms with Gasteiger partial charge in [0.15, 0.2) is 0 Å². The Morgan fingerprint density at radius 3 is 2.67 bits per heavy atom. The van der Waals surface area contributed by atoms with Crippen molar-refractivity contribution in [2.75, 3.05) is 6.26 Å². The van der Waals surface area contributed by atoms with Crippen LogP contribution in [0.3, 0.4) is 0 Å². The first-order chi connectivity index (χ1) is 5.69. The summed E-state index contributed by atoms with van der Waals surface area (Å²) in [7, 11) is 0. The second-order valence-corrected chi connectivity index (χ2v) is 3.30. The molecule has 0 atom stereocenters. The zero-order chi connectivity index (χ0) is 9.14. The monoisotopic (exact) mass is 179 g/mol. The number of aromatic hydroxyl groups is 1. The van der Waals surface area contributed by atoms with Crippen molar-refractivity contribution in [3.63, 3.8) is 0 Å². The van der Waals surface area contributed by atoms with Crippen molar-refractivity contribution >= 4 is 11.8 Å². The summed E-state index contributed by atoms with van der Waals surface area (Å²) >= 11 is 1.51. The summed E-state index contributed by atoms with van der Waals surface area (Å²) in [5.74, 6) is 0.185. The number of hydrogen-bond acceptors (Lipinski definition) is 3. The van der Waals surface area contributed by atoms with Gasteiger partial charge in [0.05, 0.1) is 5.56 Å². The highest BCUT2D eigenvalue weighted by Crippen LogP contribution is 2.27. The SMILES string of the molecule is CSc1cc(C)c(O)cc1C#N. The fraction of sp³-hybridized carbons (Fsp3) is 0.222. The maximum Gasteiger partial charge on any atom is 0.119 e. The molecule has 1 aromatic carbocycles. The second kappa shape index (κ2) is 3.51. The number of rotatable bonds is 1. The normalized spacial score (nSPS) is 9.42. The number of phenolic OH excluding ortho intramolecular Hbond substituents is 1. The predicted octanol–water partition coefficient (Wildman–Crippen LogP) is 2.29. The van der Waals surface area contributed by atoms with E-state index in [2.05, 4.69) is 0 Å². The minimum atomic E-state index is 0.185. The second-order valence-electron chi connectivity index (χ2n) is 2.45. The third-order valence-corrected chi connectivity index (χ3v) is 2.42. The molecule has 62 valence electrons. The zero-order valence-corrected chi connectivity index (χ0v) is 7.77. The highest BCUT2D eigenvalue weighted by Gasteiger charge is 2.04. The van der Waals surface area contributed by atoms with Gasteiger partial charge in [0.1, 0.15) is 11.8 Å². The molecule has 0 unspecified atom stereocenters. The Bertz CT molecular complexity index is 341. The molecule has 0 amide bonds. The van der Waals surface area contributed by atoms with Gasteiger partial charge >= 0.3 is 0 Å². The molecular weight excluding hydrogens is 170 g/mol. The molecule has 0 fully saturated rings. The molecule has 2 nitrogen and oxygen atoms in total. The third kappa shape index (κ3) is 1.54. The zero-order valence-electron chi connectivity index (χ0n) is 6.96. The molecule has 0 bridgehead atoms. The lowest BCUT2D eigenvalue weighted by Gasteiger charge is -2.03. The average Bonchev–Trinajstić information content (AvgIpc) is 2.09. The van der Waals surface area contributed by atoms with Gasteiger partial charge in [-0.05, 0) is 30.9 Å². The molecule has 12 heavy (non-hydrogen) atoms. The van der Waals surface area contributed by atoms with Crippen LogP contribution in [0, 0.1) is 18.3 Å². The molecule has 0 aliphatic heterocycles. The number of nitrogens with zero attached hydrogens (tertiary/aromatic N) is 1. The van der Waals surface area contributed by atoms with Crippen molar-refractivity contribution < 1.29 is 5.11 Å². The summed E-state index contributed by atoms with van der Waals surface area (Å²) < 4.78 is 0. The van der Waals surface area contributed by atoms with Crippen molar-refractivity contribution in [2.24, 2.45) is 0 Å². The maximum atomic E-state index is 9.29. The van der Waals surface area contributed by atoms with E-state index in [0.717, 1.165) is 10.5 Å². The molecule has 0 saturated carbocycles. The lowest BCUT2D eigenvalue weighted by Crippen LogP contribution is -1.83. The Morgan fingerprint density at radius 1 is 1.50 bits per heavy atom. The van der Waals surface area contributed by atoms with Crippen LogP contribution in [-0.2, 0) is 0 Å². The topological polar surface area (TPSA) is 44.0 Å². The van der Waals surface area contributed by atoms with Gasteiger partial charge in [0.2, 0.25) is 0 Å². The van der Waals surface area contributed by atoms with Gasteiger partial charge in [-0.25, -0.2) is 0 Å². The summed E-state index contributed by atoms with van der Waals surface area (Å²) in [4.78, 5) is 0.910. The molecule has 0 aliphatic carbocycles. The molecule has 1 aromatic rings. The van der Waals surface area contributed by atoms with Crippen LogP contribution in [0.1, 0.15) is 11.1 Å². The Morgan fingerprint density at radius 2 is 2.17 bits per heavy atom. The van der Waals surface area contributed by atoms with E-state index in [0.29, 0.717) is 5.56 Å². The highest BCUT2D eigenvalue weighted by atomic mass is 32.2. The fourth-order valence-electron chi connectivity index (χ4n) is 0.926. The summed E-state index contributed by atoms with van der Waals surface area (Å²) in [5, 5.41) is 18.0. The van der Waals surface area contributed by atoms with Crippen LogP contribution in [0.2, 0.25) is 0 Å². The van der Waals surface area contributed by atoms with Crippen LogP contribution >= 0.6 is 11.8 Å². The van der Waals surface area contributed by atoms with Crippen molar-refractivity contribution in [1.29, 1.82) is 5.26 Å². The van der Waals surface area contributed by atoms with E-state index in [-0.39, 0.29) is 5.75 Å². The lowest BCUT2D eigenvalue weighted by atomic mass is 10.1. The van der Waals surface area contributed by atoms with Crippen molar-refractivity contribution in [3.05, 3.63) is 23.3 Å². The van der Waals surface area contributed by atoms with E-state index in [9.17, 15) is 5.11 Å². The predicted molar refractivity (Wildman–Crippen MR) is 49.3 cm³/mol. The molecule has 0 radical (unpaired) electrons. The Hall–Kier alpha value is -1.14. The van der Waals surface area contributed by atoms with Gasteiger partial charge in [0, 0.05) is 4.90 Å². The first-order valence-corrected chi connectivity index (χ1v) is 4.69. The highest BCUT2D eigenvalue weighted by molar-refractivity contribution is 7.98. The van der Waals surface area contributed by atoms with Crippen LogP contribution in [-0.4, -0.2) is 11.4 Å². The number of thioether (sulfide) groups is 1. The van der Waals surface area contributed by atoms with E-state index in [1.807, 2.05) is 25.3 Å². The van der Waals surface area contributed by atoms with Crippen molar-refractivity contribution in [2.45, 2.75) is 11.8 Å². The minimum Gasteiger partial charge on any atom is -0.508 e. The van der Waals surface area contributed by atoms with E-state index >= 15 is 0 Å². The smallest absolute Gasteiger partial charge is 0.119 e. The van der Waals surface area contributed by atoms with Gasteiger partial charge in [-0.3, -0.25) is 0 Å². The fourth-order valence-corrected chi connectivity index (χ4v) is 1.55. The van der Waals surface area contributed by atoms with Gasteiger partial charge in [-0.1, -0.05) is 0 Å². The quantitative estimate of drug-likeness (QED) is 0.673. The number of hydrogen-bond donors (Lipinski definition) is 1. The number of nitriles is 1. The molecular formula is C9H9NOS. The van der Waals surface area contributed by atoms with E-state index in [1.54, 1.807) is 0 Å². The molecule has 0 heterocycles. The maximum absolute atomic E-state index is 9.29. The van der Waals surface area contributed by atoms with E-state index in [4.69, 9.17) is 5.26 Å². The minimum absolute atomic E-state index is 0.185. The summed E-state index contributed by atoms with van der Waals surface area (Å²) in [6, 6.07) is 5.35. The molecule has 1 rings (SSSR count). The van der Waals surface area contributed by atoms with Gasteiger partial charge in [-0.2, -0.15) is 5.26 Å². The molecule has 1 N–H and O–H groups in total. The molecule has 3 heteroatoms. The lowest BCUT2D eigenvalue weighted by molar-refractivity contribution is 0.470. The van der Waals surface area contributed by atoms with Gasteiger partial charge in [-0.15, -0.1) is 11.8 Å². The number of phenols is 1. The third-order valence-electron chi connectivity index (χ3n) is 1.64. The van der Waals surface area contributed by atoms with Crippen LogP contribution in [0.25, 0.3) is 0 Å². The average molecular weight is 179 g/mol. The van der Waals surface area contributed by atoms with Crippen molar-refractivity contribution in [3.8, 4) is 11.8 Å². The van der Waals surface area contributed by atoms with E-state index in [1.165, 1.54) is 17.8 Å². The van der Waals surface area contributed by atoms with Crippen molar-refractivity contribution in [1.82, 2.24) is 0 Å². The van der Waals surface area contributed by atoms with Crippen LogP contribution in [0.5, 0.6) is 5.75 Å². The van der Waals surface area contributed by atoms with E-state index < -0.39 is 0 Å². The molecule has 0 spiro atoms. The molecule has 0 aromatic heterocycles. The standard InChI is InChI=1S/C9H9NOS/c1-6-3-9(12-2)7(5-10)4-8(6)11/h3-4,11H,1-2H3. The summed E-state index contributed by atoms with van der Waals surface area (Å²) in [5.41, 5.74) is 1.34. The summed E-state index contributed by atoms with van der Waals surface area (Å²) in [6.07, 6.45) is 1.91. The van der Waals surface area contributed by atoms with Gasteiger partial charge in [0.25, 0.3) is 0 Å². The van der Waals surface area contributed by atoms with Gasteiger partial charge < -0.3 is 5.11 Å². The Balaban J connectivity index is 3.31.